The normalized spacial score (nSPS) is 15.0. The maximum atomic E-state index is 14.1. The lowest BCUT2D eigenvalue weighted by Crippen LogP contribution is -2.48. The molecule has 3 aromatic carbocycles. The number of carbonyl (C=O) groups excluding carboxylic acids is 4. The van der Waals surface area contributed by atoms with E-state index in [-0.39, 0.29) is 23.8 Å². The van der Waals surface area contributed by atoms with Crippen molar-refractivity contribution in [3.05, 3.63) is 94.4 Å². The number of fused-ring (bicyclic) bond motifs is 1. The molecule has 0 spiro atoms. The van der Waals surface area contributed by atoms with Crippen LogP contribution < -0.4 is 10.6 Å². The van der Waals surface area contributed by atoms with E-state index in [4.69, 9.17) is 16.3 Å². The molecule has 53 heavy (non-hydrogen) atoms. The molecule has 0 heterocycles. The van der Waals surface area contributed by atoms with Gasteiger partial charge in [-0.05, 0) is 46.2 Å². The van der Waals surface area contributed by atoms with Gasteiger partial charge in [0.25, 0.3) is 0 Å². The summed E-state index contributed by atoms with van der Waals surface area (Å²) >= 11 is 6.10. The molecule has 0 saturated carbocycles. The van der Waals surface area contributed by atoms with Gasteiger partial charge in [0.2, 0.25) is 11.8 Å². The van der Waals surface area contributed by atoms with Gasteiger partial charge in [0, 0.05) is 28.1 Å². The molecule has 0 radical (unpaired) electrons. The van der Waals surface area contributed by atoms with Gasteiger partial charge in [-0.25, -0.2) is 0 Å². The van der Waals surface area contributed by atoms with Crippen LogP contribution in [0.4, 0.5) is 0 Å². The Morgan fingerprint density at radius 2 is 1.43 bits per heavy atom. The molecule has 3 aromatic rings. The Morgan fingerprint density at radius 1 is 0.811 bits per heavy atom. The van der Waals surface area contributed by atoms with Gasteiger partial charge in [-0.3, -0.25) is 33.0 Å². The van der Waals surface area contributed by atoms with Gasteiger partial charge in [-0.15, -0.1) is 0 Å². The van der Waals surface area contributed by atoms with Crippen LogP contribution in [0, 0.1) is 17.8 Å². The molecule has 284 valence electrons. The first-order valence-corrected chi connectivity index (χ1v) is 19.4. The summed E-state index contributed by atoms with van der Waals surface area (Å²) in [5.74, 6) is -4.83. The fourth-order valence-electron chi connectivity index (χ4n) is 5.52. The van der Waals surface area contributed by atoms with Gasteiger partial charge in [0.15, 0.2) is 5.78 Å². The van der Waals surface area contributed by atoms with Crippen LogP contribution >= 0.6 is 11.6 Å². The molecule has 12 nitrogen and oxygen atoms in total. The van der Waals surface area contributed by atoms with Gasteiger partial charge in [-0.1, -0.05) is 98.2 Å². The van der Waals surface area contributed by atoms with Crippen molar-refractivity contribution in [3.63, 3.8) is 0 Å². The number of Topliss-reactive ketones (excluding diaryl/α,β-unsaturated/α-hetero) is 1. The lowest BCUT2D eigenvalue weighted by molar-refractivity contribution is -0.150. The summed E-state index contributed by atoms with van der Waals surface area (Å²) in [6.45, 7) is 3.31. The van der Waals surface area contributed by atoms with E-state index in [0.29, 0.717) is 11.1 Å². The maximum absolute atomic E-state index is 14.1. The van der Waals surface area contributed by atoms with Crippen LogP contribution in [0.5, 0.6) is 0 Å². The summed E-state index contributed by atoms with van der Waals surface area (Å²) in [5.41, 5.74) is 1.37. The molecule has 2 amide bonds. The number of nitrogens with one attached hydrogen (secondary N) is 2. The average molecular weight is 769 g/mol. The van der Waals surface area contributed by atoms with Crippen molar-refractivity contribution in [2.24, 2.45) is 17.8 Å². The highest BCUT2D eigenvalue weighted by Crippen LogP contribution is 2.22. The predicted molar refractivity (Wildman–Crippen MR) is 203 cm³/mol. The largest absolute Gasteiger partial charge is 0.481 e. The van der Waals surface area contributed by atoms with E-state index in [1.165, 1.54) is 6.26 Å². The van der Waals surface area contributed by atoms with Crippen LogP contribution in [0.1, 0.15) is 50.7 Å². The molecular formula is C39H45ClN2O10S. The van der Waals surface area contributed by atoms with E-state index in [1.807, 2.05) is 36.4 Å². The van der Waals surface area contributed by atoms with Crippen molar-refractivity contribution < 1.29 is 47.9 Å². The molecule has 4 N–H and O–H groups in total. The van der Waals surface area contributed by atoms with Gasteiger partial charge >= 0.3 is 17.9 Å². The topological polar surface area (TPSA) is 193 Å². The lowest BCUT2D eigenvalue weighted by Gasteiger charge is -2.26. The number of ether oxygens (including phenoxy) is 1. The maximum Gasteiger partial charge on any atom is 0.306 e. The zero-order chi connectivity index (χ0) is 39.3. The van der Waals surface area contributed by atoms with Crippen LogP contribution in [-0.2, 0) is 56.1 Å². The second-order valence-corrected chi connectivity index (χ2v) is 16.4. The molecule has 0 aliphatic rings. The van der Waals surface area contributed by atoms with Crippen molar-refractivity contribution in [1.82, 2.24) is 10.6 Å². The molecule has 0 saturated heterocycles. The minimum absolute atomic E-state index is 0.0194. The zero-order valence-corrected chi connectivity index (χ0v) is 31.4. The van der Waals surface area contributed by atoms with Gasteiger partial charge in [0.1, 0.15) is 6.61 Å². The van der Waals surface area contributed by atoms with Gasteiger partial charge in [-0.2, -0.15) is 0 Å². The van der Waals surface area contributed by atoms with E-state index >= 15 is 0 Å². The number of hydrogen-bond donors (Lipinski definition) is 4. The number of carboxylic acid groups (broad SMARTS) is 2. The minimum atomic E-state index is -2.91. The highest BCUT2D eigenvalue weighted by Gasteiger charge is 2.33. The average Bonchev–Trinajstić information content (AvgIpc) is 3.08. The van der Waals surface area contributed by atoms with Crippen LogP contribution in [0.3, 0.4) is 0 Å². The molecule has 14 heteroatoms. The predicted octanol–water partition coefficient (Wildman–Crippen LogP) is 4.71. The van der Waals surface area contributed by atoms with Crippen LogP contribution in [0.2, 0.25) is 0 Å². The summed E-state index contributed by atoms with van der Waals surface area (Å²) in [7, 11) is -2.91. The minimum Gasteiger partial charge on any atom is -0.481 e. The third kappa shape index (κ3) is 14.1. The number of benzene rings is 3. The first-order chi connectivity index (χ1) is 24.9. The highest BCUT2D eigenvalue weighted by atomic mass is 35.5. The standard InChI is InChI=1S/C39H45ClN2O10S/c1-24(2)31(39(50)41-30(21-36(46)47)20-34(40)53(3,4)51)22-33(43)32(17-26-14-15-27-12-8-9-13-28(27)16-26)42-38(49)29(18-35(44)45)19-37(48)52-23-25-10-6-5-7-11-25/h5-16,20,24,29-32H,3,17-19,21-23H2,1-2,4H3,(H,41,50)(H,42,49)(H,44,45)(H,46,47)/b34-20+/t29-,30-,31+,32+,53?/m1/s1. The Balaban J connectivity index is 1.89. The molecular weight excluding hydrogens is 724 g/mol. The van der Waals surface area contributed by atoms with Gasteiger partial charge in [0.05, 0.1) is 41.6 Å². The molecule has 0 aliphatic carbocycles. The van der Waals surface area contributed by atoms with Crippen molar-refractivity contribution >= 4 is 73.3 Å². The first kappa shape index (κ1) is 42.4. The molecule has 1 unspecified atom stereocenters. The summed E-state index contributed by atoms with van der Waals surface area (Å²) in [6, 6.07) is 19.4. The Labute approximate surface area is 313 Å². The van der Waals surface area contributed by atoms with Crippen LogP contribution in [0.15, 0.2) is 83.2 Å². The van der Waals surface area contributed by atoms with E-state index in [9.17, 15) is 43.2 Å². The molecule has 0 fully saturated rings. The summed E-state index contributed by atoms with van der Waals surface area (Å²) < 4.78 is 17.4. The Bertz CT molecular complexity index is 1950. The SMILES string of the molecule is C=S(C)(=O)/C(Cl)=C/[C@H](CC(=O)O)NC(=O)[C@@H](CC(=O)[C@H](Cc1ccc2ccccc2c1)NC(=O)[C@H](CC(=O)O)CC(=O)OCc1ccccc1)C(C)C. The number of aliphatic carboxylic acids is 2. The number of hydrogen-bond acceptors (Lipinski definition) is 8. The van der Waals surface area contributed by atoms with E-state index in [0.717, 1.165) is 16.8 Å². The molecule has 0 aromatic heterocycles. The van der Waals surface area contributed by atoms with Crippen molar-refractivity contribution in [3.8, 4) is 0 Å². The number of amides is 2. The Hall–Kier alpha value is -5.01. The third-order valence-corrected chi connectivity index (χ3v) is 10.5. The Kier molecular flexibility index (Phi) is 15.8. The van der Waals surface area contributed by atoms with Crippen LogP contribution in [0.25, 0.3) is 10.8 Å². The number of esters is 1. The molecule has 0 aliphatic heterocycles. The van der Waals surface area contributed by atoms with Crippen molar-refractivity contribution in [1.29, 1.82) is 0 Å². The quantitative estimate of drug-likeness (QED) is 0.0925. The number of carboxylic acids is 2. The number of ketones is 1. The fraction of sp³-hybridized carbons (Fsp3) is 0.359. The number of halogens is 1. The summed E-state index contributed by atoms with van der Waals surface area (Å²) in [6.07, 6.45) is 0.153. The highest BCUT2D eigenvalue weighted by molar-refractivity contribution is 8.04. The van der Waals surface area contributed by atoms with Crippen LogP contribution in [-0.4, -0.2) is 74.1 Å². The van der Waals surface area contributed by atoms with E-state index in [2.05, 4.69) is 16.5 Å². The smallest absolute Gasteiger partial charge is 0.306 e. The van der Waals surface area contributed by atoms with E-state index < -0.39 is 94.1 Å². The number of carbonyl (C=O) groups is 6. The lowest BCUT2D eigenvalue weighted by atomic mass is 9.86. The van der Waals surface area contributed by atoms with Crippen molar-refractivity contribution in [2.45, 2.75) is 64.6 Å². The number of rotatable bonds is 20. The summed E-state index contributed by atoms with van der Waals surface area (Å²) in [4.78, 5) is 77.4. The third-order valence-electron chi connectivity index (χ3n) is 8.44. The molecule has 3 rings (SSSR count). The monoisotopic (exact) mass is 768 g/mol. The second kappa shape index (κ2) is 19.7. The zero-order valence-electron chi connectivity index (χ0n) is 29.8. The molecule has 0 bridgehead atoms. The second-order valence-electron chi connectivity index (χ2n) is 13.3. The molecule has 5 atom stereocenters. The van der Waals surface area contributed by atoms with Crippen molar-refractivity contribution in [2.75, 3.05) is 6.26 Å². The summed E-state index contributed by atoms with van der Waals surface area (Å²) in [5, 5.41) is 26.1. The van der Waals surface area contributed by atoms with E-state index in [1.54, 1.807) is 50.2 Å². The first-order valence-electron chi connectivity index (χ1n) is 16.9. The Morgan fingerprint density at radius 3 is 2.04 bits per heavy atom. The fourth-order valence-corrected chi connectivity index (χ4v) is 6.13. The van der Waals surface area contributed by atoms with Gasteiger partial charge < -0.3 is 25.6 Å².